The molecule has 1 aliphatic carbocycles. The van der Waals surface area contributed by atoms with Gasteiger partial charge in [0.05, 0.1) is 25.7 Å². The van der Waals surface area contributed by atoms with Crippen LogP contribution in [0.25, 0.3) is 0 Å². The number of hydrogen-bond donors (Lipinski definition) is 1. The second-order valence-corrected chi connectivity index (χ2v) is 14.8. The molecule has 2 aromatic carbocycles. The first-order valence-electron chi connectivity index (χ1n) is 17.9. The van der Waals surface area contributed by atoms with Gasteiger partial charge >= 0.3 is 5.97 Å². The zero-order chi connectivity index (χ0) is 34.7. The number of hydrogen-bond acceptors (Lipinski definition) is 7. The van der Waals surface area contributed by atoms with Crippen molar-refractivity contribution in [3.05, 3.63) is 58.6 Å². The van der Waals surface area contributed by atoms with Gasteiger partial charge in [-0.05, 0) is 80.8 Å². The molecule has 1 N–H and O–H groups in total. The number of anilines is 1. The maximum Gasteiger partial charge on any atom is 0.306 e. The Morgan fingerprint density at radius 2 is 1.69 bits per heavy atom. The van der Waals surface area contributed by atoms with Gasteiger partial charge in [-0.25, -0.2) is 4.39 Å². The smallest absolute Gasteiger partial charge is 0.306 e. The molecule has 3 saturated heterocycles. The summed E-state index contributed by atoms with van der Waals surface area (Å²) in [6, 6.07) is 13.5. The quantitative estimate of drug-likeness (QED) is 0.306. The maximum atomic E-state index is 17.9. The normalized spacial score (nSPS) is 29.8. The molecule has 4 atom stereocenters. The topological polar surface area (TPSA) is 91.8 Å². The fourth-order valence-electron chi connectivity index (χ4n) is 8.87. The molecule has 0 unspecified atom stereocenters. The van der Waals surface area contributed by atoms with Crippen molar-refractivity contribution in [1.29, 1.82) is 0 Å². The Morgan fingerprint density at radius 1 is 0.980 bits per heavy atom. The number of nitrogens with zero attached hydrogens (tertiary/aromatic N) is 3. The van der Waals surface area contributed by atoms with Gasteiger partial charge in [-0.3, -0.25) is 14.5 Å². The predicted octanol–water partition coefficient (Wildman–Crippen LogP) is 5.99. The van der Waals surface area contributed by atoms with Gasteiger partial charge in [0, 0.05) is 87.5 Å². The first-order chi connectivity index (χ1) is 23.6. The third kappa shape index (κ3) is 7.58. The molecule has 9 nitrogen and oxygen atoms in total. The summed E-state index contributed by atoms with van der Waals surface area (Å²) < 4.78 is 34.8. The molecule has 0 aromatic heterocycles. The standard InChI is InChI=1S/C38H51ClFN3O6/c1-4-49-31-12-8-29(9-13-31)43-22-34(25-5-10-30(48-3)11-6-25)38(40,24-43)37(46)42-20-27(23-47-2)33(21-42)32-14-7-28(39)19-35(32)41-17-15-26(16-18-41)36(44)45/h5-7,10-11,14,19,26-27,29,31,33-34H,4,8-9,12-13,15-18,20-24H2,1-3H3,(H,44,45)/t27-,29-,31-,33+,34+,38+/m1/s1. The molecule has 0 bridgehead atoms. The molecule has 3 heterocycles. The van der Waals surface area contributed by atoms with Crippen LogP contribution in [0.3, 0.4) is 0 Å². The lowest BCUT2D eigenvalue weighted by molar-refractivity contribution is -0.143. The molecule has 6 rings (SSSR count). The average Bonchev–Trinajstić information content (AvgIpc) is 3.70. The molecule has 1 amide bonds. The highest BCUT2D eigenvalue weighted by Gasteiger charge is 2.57. The Bertz CT molecular complexity index is 1450. The molecule has 2 aromatic rings. The molecule has 0 radical (unpaired) electrons. The van der Waals surface area contributed by atoms with E-state index >= 15 is 4.39 Å². The van der Waals surface area contributed by atoms with Crippen molar-refractivity contribution in [1.82, 2.24) is 9.80 Å². The van der Waals surface area contributed by atoms with Crippen LogP contribution >= 0.6 is 11.6 Å². The number of carboxylic acids is 1. The van der Waals surface area contributed by atoms with Crippen LogP contribution in [0.1, 0.15) is 68.4 Å². The van der Waals surface area contributed by atoms with Crippen molar-refractivity contribution in [3.8, 4) is 5.75 Å². The van der Waals surface area contributed by atoms with E-state index in [1.54, 1.807) is 19.1 Å². The zero-order valence-corrected chi connectivity index (χ0v) is 29.7. The van der Waals surface area contributed by atoms with E-state index in [1.165, 1.54) is 0 Å². The van der Waals surface area contributed by atoms with Crippen LogP contribution in [0.15, 0.2) is 42.5 Å². The SMILES string of the molecule is CCO[C@H]1CC[C@H](N2C[C@@H](c3ccc(OC)cc3)[C@](F)(C(=O)N3C[C@H](COC)[C@@H](c4ccc(Cl)cc4N4CCC(C(=O)O)CC4)C3)C2)CC1. The first-order valence-corrected chi connectivity index (χ1v) is 18.3. The Hall–Kier alpha value is -2.92. The second-order valence-electron chi connectivity index (χ2n) is 14.3. The van der Waals surface area contributed by atoms with E-state index in [9.17, 15) is 14.7 Å². The number of likely N-dealkylation sites (tertiary alicyclic amines) is 2. The molecule has 4 fully saturated rings. The average molecular weight is 700 g/mol. The van der Waals surface area contributed by atoms with Crippen LogP contribution in [-0.2, 0) is 19.1 Å². The number of benzene rings is 2. The van der Waals surface area contributed by atoms with Crippen molar-refractivity contribution in [3.63, 3.8) is 0 Å². The van der Waals surface area contributed by atoms with Crippen LogP contribution < -0.4 is 9.64 Å². The minimum atomic E-state index is -2.10. The Morgan fingerprint density at radius 3 is 2.33 bits per heavy atom. The molecule has 3 aliphatic heterocycles. The lowest BCUT2D eigenvalue weighted by atomic mass is 9.85. The molecule has 0 spiro atoms. The van der Waals surface area contributed by atoms with Crippen molar-refractivity contribution < 1.29 is 33.3 Å². The van der Waals surface area contributed by atoms with E-state index in [2.05, 4.69) is 9.80 Å². The number of aliphatic carboxylic acids is 1. The summed E-state index contributed by atoms with van der Waals surface area (Å²) in [5, 5.41) is 10.1. The van der Waals surface area contributed by atoms with Gasteiger partial charge in [-0.15, -0.1) is 0 Å². The summed E-state index contributed by atoms with van der Waals surface area (Å²) >= 11 is 6.52. The fourth-order valence-corrected chi connectivity index (χ4v) is 9.04. The lowest BCUT2D eigenvalue weighted by Crippen LogP contribution is -2.50. The molecule has 1 saturated carbocycles. The number of carboxylic acid groups (broad SMARTS) is 1. The summed E-state index contributed by atoms with van der Waals surface area (Å²) in [6.07, 6.45) is 5.10. The monoisotopic (exact) mass is 699 g/mol. The predicted molar refractivity (Wildman–Crippen MR) is 188 cm³/mol. The van der Waals surface area contributed by atoms with Crippen molar-refractivity contribution in [2.24, 2.45) is 11.8 Å². The highest BCUT2D eigenvalue weighted by molar-refractivity contribution is 6.30. The van der Waals surface area contributed by atoms with Gasteiger partial charge in [-0.2, -0.15) is 0 Å². The number of carbonyl (C=O) groups excluding carboxylic acids is 1. The van der Waals surface area contributed by atoms with Gasteiger partial charge in [0.25, 0.3) is 5.91 Å². The molecular formula is C38H51ClFN3O6. The van der Waals surface area contributed by atoms with Crippen LogP contribution in [0.2, 0.25) is 5.02 Å². The van der Waals surface area contributed by atoms with Gasteiger partial charge in [0.2, 0.25) is 5.67 Å². The first kappa shape index (κ1) is 35.9. The number of halogens is 2. The van der Waals surface area contributed by atoms with Crippen molar-refractivity contribution >= 4 is 29.2 Å². The van der Waals surface area contributed by atoms with Crippen molar-refractivity contribution in [2.75, 3.05) is 71.6 Å². The summed E-state index contributed by atoms with van der Waals surface area (Å²) in [4.78, 5) is 32.4. The molecule has 268 valence electrons. The number of rotatable bonds is 11. The summed E-state index contributed by atoms with van der Waals surface area (Å²) in [6.45, 7) is 5.65. The van der Waals surface area contributed by atoms with Crippen LogP contribution in [0, 0.1) is 11.8 Å². The van der Waals surface area contributed by atoms with E-state index in [0.717, 1.165) is 42.5 Å². The minimum absolute atomic E-state index is 0.0418. The van der Waals surface area contributed by atoms with Crippen LogP contribution in [-0.4, -0.2) is 111 Å². The number of amides is 1. The van der Waals surface area contributed by atoms with E-state index in [4.69, 9.17) is 25.8 Å². The Labute approximate surface area is 294 Å². The van der Waals surface area contributed by atoms with Crippen molar-refractivity contribution in [2.45, 2.75) is 75.1 Å². The highest BCUT2D eigenvalue weighted by atomic mass is 35.5. The van der Waals surface area contributed by atoms with Gasteiger partial charge in [-0.1, -0.05) is 29.8 Å². The van der Waals surface area contributed by atoms with E-state index in [0.29, 0.717) is 69.6 Å². The summed E-state index contributed by atoms with van der Waals surface area (Å²) in [7, 11) is 3.27. The van der Waals surface area contributed by atoms with E-state index in [1.807, 2.05) is 49.4 Å². The summed E-state index contributed by atoms with van der Waals surface area (Å²) in [5.74, 6) is -1.63. The minimum Gasteiger partial charge on any atom is -0.497 e. The summed E-state index contributed by atoms with van der Waals surface area (Å²) in [5.41, 5.74) is 0.696. The van der Waals surface area contributed by atoms with Gasteiger partial charge < -0.3 is 29.1 Å². The lowest BCUT2D eigenvalue weighted by Gasteiger charge is -2.35. The Kier molecular flexibility index (Phi) is 11.4. The van der Waals surface area contributed by atoms with Crippen LogP contribution in [0.4, 0.5) is 10.1 Å². The number of carbonyl (C=O) groups is 2. The van der Waals surface area contributed by atoms with E-state index < -0.39 is 23.5 Å². The third-order valence-electron chi connectivity index (χ3n) is 11.5. The number of methoxy groups -OCH3 is 2. The van der Waals surface area contributed by atoms with E-state index in [-0.39, 0.29) is 36.4 Å². The molecule has 49 heavy (non-hydrogen) atoms. The second kappa shape index (κ2) is 15.5. The molecular weight excluding hydrogens is 649 g/mol. The molecule has 4 aliphatic rings. The largest absolute Gasteiger partial charge is 0.497 e. The Balaban J connectivity index is 1.26. The van der Waals surface area contributed by atoms with Crippen LogP contribution in [0.5, 0.6) is 5.75 Å². The number of ether oxygens (including phenoxy) is 3. The number of alkyl halides is 1. The molecule has 11 heteroatoms. The maximum absolute atomic E-state index is 17.9. The van der Waals surface area contributed by atoms with Gasteiger partial charge in [0.1, 0.15) is 5.75 Å². The zero-order valence-electron chi connectivity index (χ0n) is 29.0. The third-order valence-corrected chi connectivity index (χ3v) is 11.8. The number of piperidine rings is 1. The fraction of sp³-hybridized carbons (Fsp3) is 0.632. The highest BCUT2D eigenvalue weighted by Crippen LogP contribution is 2.46. The van der Waals surface area contributed by atoms with Gasteiger partial charge in [0.15, 0.2) is 0 Å².